The number of aliphatic hydroxyl groups is 1. The summed E-state index contributed by atoms with van der Waals surface area (Å²) < 4.78 is 13.2. The molecule has 1 aromatic carbocycles. The SMILES string of the molecule is CN1CCCN(C)C(C(O)Cc2cccc(F)c2)C1. The van der Waals surface area contributed by atoms with E-state index in [-0.39, 0.29) is 11.9 Å². The number of benzene rings is 1. The number of likely N-dealkylation sites (N-methyl/N-ethyl adjacent to an activating group) is 2. The molecule has 1 saturated heterocycles. The Morgan fingerprint density at radius 3 is 2.89 bits per heavy atom. The summed E-state index contributed by atoms with van der Waals surface area (Å²) >= 11 is 0. The highest BCUT2D eigenvalue weighted by atomic mass is 19.1. The van der Waals surface area contributed by atoms with Gasteiger partial charge in [-0.15, -0.1) is 0 Å². The number of hydrogen-bond acceptors (Lipinski definition) is 3. The van der Waals surface area contributed by atoms with Crippen molar-refractivity contribution in [2.24, 2.45) is 0 Å². The second-order valence-corrected chi connectivity index (χ2v) is 5.57. The molecule has 2 atom stereocenters. The highest BCUT2D eigenvalue weighted by molar-refractivity contribution is 5.17. The molecule has 19 heavy (non-hydrogen) atoms. The first-order chi connectivity index (χ1) is 9.06. The van der Waals surface area contributed by atoms with Crippen LogP contribution in [-0.4, -0.2) is 60.8 Å². The number of nitrogens with zero attached hydrogens (tertiary/aromatic N) is 2. The zero-order valence-corrected chi connectivity index (χ0v) is 11.7. The third kappa shape index (κ3) is 4.00. The van der Waals surface area contributed by atoms with Crippen LogP contribution in [0.3, 0.4) is 0 Å². The van der Waals surface area contributed by atoms with Crippen LogP contribution in [0.15, 0.2) is 24.3 Å². The van der Waals surface area contributed by atoms with Crippen molar-refractivity contribution in [2.45, 2.75) is 25.0 Å². The van der Waals surface area contributed by atoms with Crippen molar-refractivity contribution in [1.82, 2.24) is 9.80 Å². The minimum atomic E-state index is -0.465. The Kier molecular flexibility index (Phi) is 4.91. The van der Waals surface area contributed by atoms with Gasteiger partial charge in [-0.2, -0.15) is 0 Å². The number of hydrogen-bond donors (Lipinski definition) is 1. The Labute approximate surface area is 114 Å². The maximum Gasteiger partial charge on any atom is 0.123 e. The zero-order valence-electron chi connectivity index (χ0n) is 11.7. The zero-order chi connectivity index (χ0) is 13.8. The van der Waals surface area contributed by atoms with Crippen LogP contribution in [0.1, 0.15) is 12.0 Å². The summed E-state index contributed by atoms with van der Waals surface area (Å²) in [6.45, 7) is 2.91. The third-order valence-electron chi connectivity index (χ3n) is 3.89. The highest BCUT2D eigenvalue weighted by Crippen LogP contribution is 2.15. The Morgan fingerprint density at radius 1 is 1.37 bits per heavy atom. The summed E-state index contributed by atoms with van der Waals surface area (Å²) in [6, 6.07) is 6.61. The Balaban J connectivity index is 2.03. The Bertz CT molecular complexity index is 413. The fourth-order valence-electron chi connectivity index (χ4n) is 2.76. The van der Waals surface area contributed by atoms with E-state index in [1.807, 2.05) is 6.07 Å². The van der Waals surface area contributed by atoms with Crippen molar-refractivity contribution in [1.29, 1.82) is 0 Å². The molecule has 1 aromatic rings. The first-order valence-corrected chi connectivity index (χ1v) is 6.87. The van der Waals surface area contributed by atoms with Crippen LogP contribution in [-0.2, 0) is 6.42 Å². The van der Waals surface area contributed by atoms with E-state index in [1.54, 1.807) is 6.07 Å². The van der Waals surface area contributed by atoms with E-state index in [0.717, 1.165) is 31.6 Å². The van der Waals surface area contributed by atoms with Crippen LogP contribution >= 0.6 is 0 Å². The van der Waals surface area contributed by atoms with Crippen molar-refractivity contribution < 1.29 is 9.50 Å². The average Bonchev–Trinajstić information content (AvgIpc) is 2.51. The topological polar surface area (TPSA) is 26.7 Å². The van der Waals surface area contributed by atoms with E-state index in [1.165, 1.54) is 12.1 Å². The highest BCUT2D eigenvalue weighted by Gasteiger charge is 2.27. The maximum absolute atomic E-state index is 13.2. The van der Waals surface area contributed by atoms with Gasteiger partial charge in [-0.3, -0.25) is 4.90 Å². The molecular weight excluding hydrogens is 243 g/mol. The van der Waals surface area contributed by atoms with Crippen LogP contribution in [0, 0.1) is 5.82 Å². The second-order valence-electron chi connectivity index (χ2n) is 5.57. The molecule has 1 N–H and O–H groups in total. The molecule has 0 aliphatic carbocycles. The molecule has 0 bridgehead atoms. The van der Waals surface area contributed by atoms with E-state index < -0.39 is 6.10 Å². The fraction of sp³-hybridized carbons (Fsp3) is 0.600. The second kappa shape index (κ2) is 6.46. The molecule has 1 aliphatic heterocycles. The van der Waals surface area contributed by atoms with E-state index in [9.17, 15) is 9.50 Å². The van der Waals surface area contributed by atoms with Crippen LogP contribution < -0.4 is 0 Å². The molecule has 0 saturated carbocycles. The van der Waals surface area contributed by atoms with Gasteiger partial charge in [0.15, 0.2) is 0 Å². The van der Waals surface area contributed by atoms with Crippen LogP contribution in [0.25, 0.3) is 0 Å². The molecule has 2 unspecified atom stereocenters. The summed E-state index contributed by atoms with van der Waals surface area (Å²) in [4.78, 5) is 4.47. The largest absolute Gasteiger partial charge is 0.391 e. The van der Waals surface area contributed by atoms with Gasteiger partial charge in [0.25, 0.3) is 0 Å². The number of halogens is 1. The molecule has 0 spiro atoms. The van der Waals surface area contributed by atoms with Gasteiger partial charge in [0.1, 0.15) is 5.82 Å². The van der Waals surface area contributed by atoms with Gasteiger partial charge in [0.05, 0.1) is 6.10 Å². The lowest BCUT2D eigenvalue weighted by atomic mass is 10.0. The van der Waals surface area contributed by atoms with Crippen LogP contribution in [0.5, 0.6) is 0 Å². The third-order valence-corrected chi connectivity index (χ3v) is 3.89. The molecule has 1 aliphatic rings. The van der Waals surface area contributed by atoms with Gasteiger partial charge in [-0.05, 0) is 51.3 Å². The first kappa shape index (κ1) is 14.4. The van der Waals surface area contributed by atoms with Crippen molar-refractivity contribution >= 4 is 0 Å². The van der Waals surface area contributed by atoms with E-state index >= 15 is 0 Å². The predicted molar refractivity (Wildman–Crippen MR) is 74.6 cm³/mol. The lowest BCUT2D eigenvalue weighted by Crippen LogP contribution is -2.47. The van der Waals surface area contributed by atoms with Gasteiger partial charge in [-0.25, -0.2) is 4.39 Å². The molecule has 2 rings (SSSR count). The van der Waals surface area contributed by atoms with Crippen molar-refractivity contribution in [3.8, 4) is 0 Å². The van der Waals surface area contributed by atoms with E-state index in [2.05, 4.69) is 23.9 Å². The smallest absolute Gasteiger partial charge is 0.123 e. The maximum atomic E-state index is 13.2. The normalized spacial score (nSPS) is 24.1. The van der Waals surface area contributed by atoms with Gasteiger partial charge >= 0.3 is 0 Å². The predicted octanol–water partition coefficient (Wildman–Crippen LogP) is 1.36. The summed E-state index contributed by atoms with van der Waals surface area (Å²) in [5.41, 5.74) is 0.854. The lowest BCUT2D eigenvalue weighted by molar-refractivity contribution is 0.0581. The van der Waals surface area contributed by atoms with Crippen LogP contribution in [0.4, 0.5) is 4.39 Å². The van der Waals surface area contributed by atoms with Crippen molar-refractivity contribution in [3.63, 3.8) is 0 Å². The monoisotopic (exact) mass is 266 g/mol. The quantitative estimate of drug-likeness (QED) is 0.895. The van der Waals surface area contributed by atoms with Gasteiger partial charge < -0.3 is 10.0 Å². The number of rotatable bonds is 3. The summed E-state index contributed by atoms with van der Waals surface area (Å²) in [5, 5.41) is 10.4. The minimum absolute atomic E-state index is 0.107. The molecule has 1 fully saturated rings. The molecule has 1 heterocycles. The lowest BCUT2D eigenvalue weighted by Gasteiger charge is -2.31. The molecular formula is C15H23FN2O. The van der Waals surface area contributed by atoms with Crippen molar-refractivity contribution in [2.75, 3.05) is 33.7 Å². The molecule has 0 aromatic heterocycles. The molecule has 0 amide bonds. The first-order valence-electron chi connectivity index (χ1n) is 6.87. The summed E-state index contributed by atoms with van der Waals surface area (Å²) in [5.74, 6) is -0.240. The van der Waals surface area contributed by atoms with Crippen LogP contribution in [0.2, 0.25) is 0 Å². The van der Waals surface area contributed by atoms with Gasteiger partial charge in [0.2, 0.25) is 0 Å². The van der Waals surface area contributed by atoms with E-state index in [4.69, 9.17) is 0 Å². The van der Waals surface area contributed by atoms with Gasteiger partial charge in [-0.1, -0.05) is 12.1 Å². The van der Waals surface area contributed by atoms with Gasteiger partial charge in [0, 0.05) is 19.0 Å². The molecule has 3 nitrogen and oxygen atoms in total. The Morgan fingerprint density at radius 2 is 2.16 bits per heavy atom. The fourth-order valence-corrected chi connectivity index (χ4v) is 2.76. The molecule has 4 heteroatoms. The standard InChI is InChI=1S/C15H23FN2O/c1-17-7-4-8-18(2)14(11-17)15(19)10-12-5-3-6-13(16)9-12/h3,5-6,9,14-15,19H,4,7-8,10-11H2,1-2H3. The minimum Gasteiger partial charge on any atom is -0.391 e. The molecule has 0 radical (unpaired) electrons. The average molecular weight is 266 g/mol. The molecule has 106 valence electrons. The summed E-state index contributed by atoms with van der Waals surface area (Å²) in [6.07, 6.45) is 1.16. The summed E-state index contributed by atoms with van der Waals surface area (Å²) in [7, 11) is 4.14. The Hall–Kier alpha value is -0.970. The van der Waals surface area contributed by atoms with Crippen molar-refractivity contribution in [3.05, 3.63) is 35.6 Å². The van der Waals surface area contributed by atoms with E-state index in [0.29, 0.717) is 6.42 Å². The number of aliphatic hydroxyl groups excluding tert-OH is 1.